The zero-order valence-corrected chi connectivity index (χ0v) is 9.86. The topological polar surface area (TPSA) is 56.8 Å². The number of benzene rings is 1. The van der Waals surface area contributed by atoms with Crippen LogP contribution in [0.2, 0.25) is 0 Å². The molecule has 92 valence electrons. The molecule has 0 aromatic heterocycles. The number of fused-ring (bicyclic) bond motifs is 1. The van der Waals surface area contributed by atoms with Gasteiger partial charge in [-0.3, -0.25) is 5.32 Å². The van der Waals surface area contributed by atoms with Gasteiger partial charge in [0.25, 0.3) is 0 Å². The molecule has 1 heterocycles. The molecule has 0 amide bonds. The highest BCUT2D eigenvalue weighted by Crippen LogP contribution is 2.27. The van der Waals surface area contributed by atoms with E-state index in [1.807, 2.05) is 6.07 Å². The summed E-state index contributed by atoms with van der Waals surface area (Å²) in [7, 11) is 1.61. The van der Waals surface area contributed by atoms with E-state index in [1.165, 1.54) is 0 Å². The monoisotopic (exact) mass is 237 g/mol. The summed E-state index contributed by atoms with van der Waals surface area (Å²) in [6.45, 7) is 2.66. The number of nitrogens with one attached hydrogen (secondary N) is 1. The third-order valence-electron chi connectivity index (χ3n) is 2.49. The van der Waals surface area contributed by atoms with Crippen LogP contribution in [0.25, 0.3) is 0 Å². The van der Waals surface area contributed by atoms with Crippen LogP contribution in [0, 0.1) is 0 Å². The second-order valence-corrected chi connectivity index (χ2v) is 3.60. The number of hydrogen-bond donors (Lipinski definition) is 1. The standard InChI is InChI=1S/C12H15NO4/c1-3-16-12(14)11-13-7-8-6-9(15-2)4-5-10(8)17-11/h4-6,11,13H,3,7H2,1-2H3. The molecule has 1 atom stereocenters. The Balaban J connectivity index is 2.11. The minimum Gasteiger partial charge on any atom is -0.497 e. The Morgan fingerprint density at radius 3 is 3.12 bits per heavy atom. The van der Waals surface area contributed by atoms with E-state index in [1.54, 1.807) is 26.2 Å². The predicted molar refractivity (Wildman–Crippen MR) is 60.9 cm³/mol. The summed E-state index contributed by atoms with van der Waals surface area (Å²) >= 11 is 0. The zero-order chi connectivity index (χ0) is 12.3. The lowest BCUT2D eigenvalue weighted by Gasteiger charge is -2.25. The van der Waals surface area contributed by atoms with E-state index in [2.05, 4.69) is 5.32 Å². The van der Waals surface area contributed by atoms with Crippen LogP contribution < -0.4 is 14.8 Å². The maximum absolute atomic E-state index is 11.5. The van der Waals surface area contributed by atoms with Gasteiger partial charge in [0.2, 0.25) is 6.23 Å². The fourth-order valence-electron chi connectivity index (χ4n) is 1.66. The van der Waals surface area contributed by atoms with Crippen LogP contribution in [-0.4, -0.2) is 25.9 Å². The molecule has 0 saturated heterocycles. The van der Waals surface area contributed by atoms with Gasteiger partial charge in [0.05, 0.1) is 13.7 Å². The van der Waals surface area contributed by atoms with Crippen molar-refractivity contribution in [3.05, 3.63) is 23.8 Å². The number of rotatable bonds is 3. The molecule has 5 heteroatoms. The van der Waals surface area contributed by atoms with Crippen molar-refractivity contribution in [1.82, 2.24) is 5.32 Å². The Morgan fingerprint density at radius 1 is 1.59 bits per heavy atom. The zero-order valence-electron chi connectivity index (χ0n) is 9.86. The average molecular weight is 237 g/mol. The second-order valence-electron chi connectivity index (χ2n) is 3.60. The van der Waals surface area contributed by atoms with E-state index in [0.29, 0.717) is 18.9 Å². The smallest absolute Gasteiger partial charge is 0.363 e. The quantitative estimate of drug-likeness (QED) is 0.797. The van der Waals surface area contributed by atoms with Crippen molar-refractivity contribution in [1.29, 1.82) is 0 Å². The first-order chi connectivity index (χ1) is 8.24. The van der Waals surface area contributed by atoms with Crippen LogP contribution in [0.4, 0.5) is 0 Å². The molecule has 0 spiro atoms. The number of methoxy groups -OCH3 is 1. The number of esters is 1. The SMILES string of the molecule is CCOC(=O)C1NCc2cc(OC)ccc2O1. The summed E-state index contributed by atoms with van der Waals surface area (Å²) in [6, 6.07) is 5.47. The predicted octanol–water partition coefficient (Wildman–Crippen LogP) is 1.07. The normalized spacial score (nSPS) is 17.9. The van der Waals surface area contributed by atoms with Crippen LogP contribution in [-0.2, 0) is 16.1 Å². The molecule has 2 rings (SSSR count). The molecule has 1 aliphatic rings. The highest BCUT2D eigenvalue weighted by atomic mass is 16.6. The van der Waals surface area contributed by atoms with Gasteiger partial charge < -0.3 is 14.2 Å². The van der Waals surface area contributed by atoms with Gasteiger partial charge in [-0.1, -0.05) is 0 Å². The molecular formula is C12H15NO4. The van der Waals surface area contributed by atoms with Crippen molar-refractivity contribution in [2.45, 2.75) is 19.7 Å². The van der Waals surface area contributed by atoms with Crippen molar-refractivity contribution in [2.24, 2.45) is 0 Å². The summed E-state index contributed by atoms with van der Waals surface area (Å²) < 4.78 is 15.5. The van der Waals surface area contributed by atoms with Crippen LogP contribution in [0.5, 0.6) is 11.5 Å². The van der Waals surface area contributed by atoms with E-state index < -0.39 is 12.2 Å². The van der Waals surface area contributed by atoms with E-state index >= 15 is 0 Å². The highest BCUT2D eigenvalue weighted by Gasteiger charge is 2.26. The fourth-order valence-corrected chi connectivity index (χ4v) is 1.66. The van der Waals surface area contributed by atoms with E-state index in [9.17, 15) is 4.79 Å². The van der Waals surface area contributed by atoms with Crippen molar-refractivity contribution < 1.29 is 19.0 Å². The molecule has 17 heavy (non-hydrogen) atoms. The Bertz CT molecular complexity index is 419. The molecule has 1 aromatic carbocycles. The molecule has 5 nitrogen and oxygen atoms in total. The summed E-state index contributed by atoms with van der Waals surface area (Å²) in [5.41, 5.74) is 0.963. The van der Waals surface area contributed by atoms with Gasteiger partial charge in [0, 0.05) is 12.1 Å². The molecule has 0 fully saturated rings. The Labute approximate surface area is 99.7 Å². The van der Waals surface area contributed by atoms with Gasteiger partial charge in [-0.05, 0) is 25.1 Å². The maximum atomic E-state index is 11.5. The van der Waals surface area contributed by atoms with Gasteiger partial charge in [-0.15, -0.1) is 0 Å². The van der Waals surface area contributed by atoms with E-state index in [0.717, 1.165) is 11.3 Å². The Kier molecular flexibility index (Phi) is 3.49. The van der Waals surface area contributed by atoms with Gasteiger partial charge >= 0.3 is 5.97 Å². The van der Waals surface area contributed by atoms with Crippen LogP contribution >= 0.6 is 0 Å². The van der Waals surface area contributed by atoms with Crippen LogP contribution in [0.1, 0.15) is 12.5 Å². The summed E-state index contributed by atoms with van der Waals surface area (Å²) in [5.74, 6) is 1.06. The van der Waals surface area contributed by atoms with E-state index in [-0.39, 0.29) is 0 Å². The summed E-state index contributed by atoms with van der Waals surface area (Å²) in [5, 5.41) is 2.96. The van der Waals surface area contributed by atoms with Gasteiger partial charge in [-0.25, -0.2) is 4.79 Å². The van der Waals surface area contributed by atoms with Crippen molar-refractivity contribution in [3.8, 4) is 11.5 Å². The molecule has 0 bridgehead atoms. The lowest BCUT2D eigenvalue weighted by atomic mass is 10.1. The van der Waals surface area contributed by atoms with Gasteiger partial charge in [-0.2, -0.15) is 0 Å². The molecule has 1 unspecified atom stereocenters. The Morgan fingerprint density at radius 2 is 2.41 bits per heavy atom. The maximum Gasteiger partial charge on any atom is 0.363 e. The lowest BCUT2D eigenvalue weighted by Crippen LogP contribution is -2.45. The largest absolute Gasteiger partial charge is 0.497 e. The third-order valence-corrected chi connectivity index (χ3v) is 2.49. The number of carbonyl (C=O) groups is 1. The highest BCUT2D eigenvalue weighted by molar-refractivity contribution is 5.75. The van der Waals surface area contributed by atoms with Crippen molar-refractivity contribution in [2.75, 3.05) is 13.7 Å². The first-order valence-electron chi connectivity index (χ1n) is 5.48. The third kappa shape index (κ3) is 2.50. The van der Waals surface area contributed by atoms with E-state index in [4.69, 9.17) is 14.2 Å². The summed E-state index contributed by atoms with van der Waals surface area (Å²) in [6.07, 6.45) is -0.726. The Hall–Kier alpha value is -1.75. The molecular weight excluding hydrogens is 222 g/mol. The molecule has 0 radical (unpaired) electrons. The number of carbonyl (C=O) groups excluding carboxylic acids is 1. The van der Waals surface area contributed by atoms with Crippen molar-refractivity contribution in [3.63, 3.8) is 0 Å². The lowest BCUT2D eigenvalue weighted by molar-refractivity contribution is -0.153. The van der Waals surface area contributed by atoms with Crippen molar-refractivity contribution >= 4 is 5.97 Å². The summed E-state index contributed by atoms with van der Waals surface area (Å²) in [4.78, 5) is 11.5. The second kappa shape index (κ2) is 5.05. The van der Waals surface area contributed by atoms with Gasteiger partial charge in [0.1, 0.15) is 11.5 Å². The molecule has 1 aromatic rings. The molecule has 1 N–H and O–H groups in total. The van der Waals surface area contributed by atoms with Crippen LogP contribution in [0.3, 0.4) is 0 Å². The fraction of sp³-hybridized carbons (Fsp3) is 0.417. The van der Waals surface area contributed by atoms with Crippen LogP contribution in [0.15, 0.2) is 18.2 Å². The molecule has 1 aliphatic heterocycles. The minimum absolute atomic E-state index is 0.343. The minimum atomic E-state index is -0.726. The molecule has 0 aliphatic carbocycles. The molecule has 0 saturated carbocycles. The first-order valence-corrected chi connectivity index (χ1v) is 5.48. The number of hydrogen-bond acceptors (Lipinski definition) is 5. The first kappa shape index (κ1) is 11.7. The van der Waals surface area contributed by atoms with Gasteiger partial charge in [0.15, 0.2) is 0 Å². The average Bonchev–Trinajstić information content (AvgIpc) is 2.37. The number of ether oxygens (including phenoxy) is 3.